The molecule has 5 heteroatoms. The highest BCUT2D eigenvalue weighted by Crippen LogP contribution is 2.09. The number of nitrogens with zero attached hydrogens (tertiary/aromatic N) is 1. The van der Waals surface area contributed by atoms with E-state index in [1.165, 1.54) is 5.56 Å². The molecule has 0 aromatic heterocycles. The van der Waals surface area contributed by atoms with E-state index >= 15 is 0 Å². The van der Waals surface area contributed by atoms with E-state index in [0.717, 1.165) is 18.5 Å². The molecule has 2 N–H and O–H groups in total. The van der Waals surface area contributed by atoms with Gasteiger partial charge >= 0.3 is 0 Å². The van der Waals surface area contributed by atoms with E-state index in [1.807, 2.05) is 31.2 Å². The zero-order chi connectivity index (χ0) is 15.7. The number of rotatable bonds is 8. The van der Waals surface area contributed by atoms with Crippen molar-refractivity contribution in [3.8, 4) is 0 Å². The van der Waals surface area contributed by atoms with Gasteiger partial charge in [-0.3, -0.25) is 14.5 Å². The van der Waals surface area contributed by atoms with E-state index < -0.39 is 0 Å². The molecule has 0 saturated heterocycles. The van der Waals surface area contributed by atoms with Crippen LogP contribution in [-0.2, 0) is 16.0 Å². The summed E-state index contributed by atoms with van der Waals surface area (Å²) in [6, 6.07) is 7.78. The Morgan fingerprint density at radius 3 is 2.24 bits per heavy atom. The SMILES string of the molecule is CCCNC(=O)CN(C)CC(=O)Nc1ccc(CC)cc1. The van der Waals surface area contributed by atoms with Crippen molar-refractivity contribution < 1.29 is 9.59 Å². The molecule has 0 radical (unpaired) electrons. The number of nitrogens with one attached hydrogen (secondary N) is 2. The standard InChI is InChI=1S/C16H25N3O2/c1-4-10-17-15(20)11-19(3)12-16(21)18-14-8-6-13(5-2)7-9-14/h6-9H,4-5,10-12H2,1-3H3,(H,17,20)(H,18,21). The van der Waals surface area contributed by atoms with Crippen LogP contribution in [-0.4, -0.2) is 43.4 Å². The van der Waals surface area contributed by atoms with E-state index in [4.69, 9.17) is 0 Å². The summed E-state index contributed by atoms with van der Waals surface area (Å²) in [5, 5.41) is 5.61. The van der Waals surface area contributed by atoms with Gasteiger partial charge in [0.15, 0.2) is 0 Å². The Morgan fingerprint density at radius 1 is 1.05 bits per heavy atom. The molecule has 0 saturated carbocycles. The van der Waals surface area contributed by atoms with Crippen molar-refractivity contribution in [3.63, 3.8) is 0 Å². The van der Waals surface area contributed by atoms with Gasteiger partial charge in [-0.05, 0) is 37.6 Å². The summed E-state index contributed by atoms with van der Waals surface area (Å²) in [7, 11) is 1.76. The molecule has 1 rings (SSSR count). The second-order valence-corrected chi connectivity index (χ2v) is 5.12. The second-order valence-electron chi connectivity index (χ2n) is 5.12. The molecule has 2 amide bonds. The van der Waals surface area contributed by atoms with Crippen LogP contribution in [0.1, 0.15) is 25.8 Å². The third-order valence-corrected chi connectivity index (χ3v) is 3.05. The molecule has 0 spiro atoms. The molecular formula is C16H25N3O2. The molecule has 1 aromatic rings. The Morgan fingerprint density at radius 2 is 1.67 bits per heavy atom. The van der Waals surface area contributed by atoms with Crippen molar-refractivity contribution in [1.82, 2.24) is 10.2 Å². The Bertz CT molecular complexity index is 457. The minimum atomic E-state index is -0.120. The average Bonchev–Trinajstić information content (AvgIpc) is 2.45. The van der Waals surface area contributed by atoms with Crippen LogP contribution in [0.5, 0.6) is 0 Å². The Balaban J connectivity index is 2.36. The molecule has 21 heavy (non-hydrogen) atoms. The molecule has 116 valence electrons. The number of amides is 2. The molecular weight excluding hydrogens is 266 g/mol. The van der Waals surface area contributed by atoms with Crippen LogP contribution in [0.3, 0.4) is 0 Å². The molecule has 0 aliphatic heterocycles. The van der Waals surface area contributed by atoms with Gasteiger partial charge in [-0.1, -0.05) is 26.0 Å². The van der Waals surface area contributed by atoms with Crippen LogP contribution >= 0.6 is 0 Å². The fourth-order valence-electron chi connectivity index (χ4n) is 1.89. The van der Waals surface area contributed by atoms with Gasteiger partial charge in [0.2, 0.25) is 11.8 Å². The maximum atomic E-state index is 11.9. The van der Waals surface area contributed by atoms with Gasteiger partial charge in [-0.2, -0.15) is 0 Å². The topological polar surface area (TPSA) is 61.4 Å². The average molecular weight is 291 g/mol. The van der Waals surface area contributed by atoms with Crippen molar-refractivity contribution in [2.24, 2.45) is 0 Å². The van der Waals surface area contributed by atoms with Crippen molar-refractivity contribution >= 4 is 17.5 Å². The van der Waals surface area contributed by atoms with Gasteiger partial charge in [0.1, 0.15) is 0 Å². The molecule has 0 aliphatic rings. The number of hydrogen-bond acceptors (Lipinski definition) is 3. The smallest absolute Gasteiger partial charge is 0.238 e. The minimum absolute atomic E-state index is 0.0561. The van der Waals surface area contributed by atoms with Crippen LogP contribution in [0.4, 0.5) is 5.69 Å². The van der Waals surface area contributed by atoms with Crippen molar-refractivity contribution in [3.05, 3.63) is 29.8 Å². The van der Waals surface area contributed by atoms with Crippen molar-refractivity contribution in [1.29, 1.82) is 0 Å². The second kappa shape index (κ2) is 9.13. The zero-order valence-electron chi connectivity index (χ0n) is 13.1. The number of hydrogen-bond donors (Lipinski definition) is 2. The first-order valence-corrected chi connectivity index (χ1v) is 7.39. The van der Waals surface area contributed by atoms with Gasteiger partial charge < -0.3 is 10.6 Å². The zero-order valence-corrected chi connectivity index (χ0v) is 13.1. The molecule has 0 aliphatic carbocycles. The summed E-state index contributed by atoms with van der Waals surface area (Å²) in [5.41, 5.74) is 2.01. The predicted octanol–water partition coefficient (Wildman–Crippen LogP) is 1.65. The van der Waals surface area contributed by atoms with Crippen LogP contribution in [0.15, 0.2) is 24.3 Å². The van der Waals surface area contributed by atoms with Gasteiger partial charge in [0.05, 0.1) is 13.1 Å². The monoisotopic (exact) mass is 291 g/mol. The number of aryl methyl sites for hydroxylation is 1. The summed E-state index contributed by atoms with van der Waals surface area (Å²) in [4.78, 5) is 25.1. The highest BCUT2D eigenvalue weighted by molar-refractivity contribution is 5.92. The largest absolute Gasteiger partial charge is 0.355 e. The first-order valence-electron chi connectivity index (χ1n) is 7.39. The molecule has 0 bridgehead atoms. The lowest BCUT2D eigenvalue weighted by Crippen LogP contribution is -2.39. The number of carbonyl (C=O) groups excluding carboxylic acids is 2. The summed E-state index contributed by atoms with van der Waals surface area (Å²) < 4.78 is 0. The van der Waals surface area contributed by atoms with E-state index in [-0.39, 0.29) is 24.9 Å². The Labute approximate surface area is 126 Å². The molecule has 1 aromatic carbocycles. The van der Waals surface area contributed by atoms with Gasteiger partial charge in [0.25, 0.3) is 0 Å². The Hall–Kier alpha value is -1.88. The number of likely N-dealkylation sites (N-methyl/N-ethyl adjacent to an activating group) is 1. The van der Waals surface area contributed by atoms with E-state index in [1.54, 1.807) is 11.9 Å². The third-order valence-electron chi connectivity index (χ3n) is 3.05. The molecule has 0 unspecified atom stereocenters. The fraction of sp³-hybridized carbons (Fsp3) is 0.500. The van der Waals surface area contributed by atoms with Crippen LogP contribution in [0.25, 0.3) is 0 Å². The maximum Gasteiger partial charge on any atom is 0.238 e. The number of benzene rings is 1. The molecule has 0 heterocycles. The van der Waals surface area contributed by atoms with E-state index in [9.17, 15) is 9.59 Å². The quantitative estimate of drug-likeness (QED) is 0.765. The van der Waals surface area contributed by atoms with Crippen molar-refractivity contribution in [2.75, 3.05) is 32.0 Å². The normalized spacial score (nSPS) is 10.5. The fourth-order valence-corrected chi connectivity index (χ4v) is 1.89. The van der Waals surface area contributed by atoms with Crippen LogP contribution in [0, 0.1) is 0 Å². The summed E-state index contributed by atoms with van der Waals surface area (Å²) in [6.45, 7) is 5.17. The van der Waals surface area contributed by atoms with Gasteiger partial charge in [-0.15, -0.1) is 0 Å². The lowest BCUT2D eigenvalue weighted by Gasteiger charge is -2.16. The summed E-state index contributed by atoms with van der Waals surface area (Å²) in [5.74, 6) is -0.176. The summed E-state index contributed by atoms with van der Waals surface area (Å²) in [6.07, 6.45) is 1.88. The highest BCUT2D eigenvalue weighted by atomic mass is 16.2. The lowest BCUT2D eigenvalue weighted by molar-refractivity contribution is -0.122. The van der Waals surface area contributed by atoms with E-state index in [2.05, 4.69) is 17.6 Å². The minimum Gasteiger partial charge on any atom is -0.355 e. The van der Waals surface area contributed by atoms with E-state index in [0.29, 0.717) is 6.54 Å². The van der Waals surface area contributed by atoms with Crippen LogP contribution < -0.4 is 10.6 Å². The molecule has 0 fully saturated rings. The summed E-state index contributed by atoms with van der Waals surface area (Å²) >= 11 is 0. The van der Waals surface area contributed by atoms with Gasteiger partial charge in [-0.25, -0.2) is 0 Å². The number of carbonyl (C=O) groups is 2. The first kappa shape index (κ1) is 17.2. The highest BCUT2D eigenvalue weighted by Gasteiger charge is 2.10. The Kier molecular flexibility index (Phi) is 7.46. The number of anilines is 1. The third kappa shape index (κ3) is 6.90. The predicted molar refractivity (Wildman–Crippen MR) is 85.2 cm³/mol. The maximum absolute atomic E-state index is 11.9. The van der Waals surface area contributed by atoms with Gasteiger partial charge in [0, 0.05) is 12.2 Å². The lowest BCUT2D eigenvalue weighted by atomic mass is 10.1. The van der Waals surface area contributed by atoms with Crippen LogP contribution in [0.2, 0.25) is 0 Å². The van der Waals surface area contributed by atoms with Crippen molar-refractivity contribution in [2.45, 2.75) is 26.7 Å². The first-order chi connectivity index (χ1) is 10.0. The molecule has 0 atom stereocenters. The molecule has 5 nitrogen and oxygen atoms in total.